The van der Waals surface area contributed by atoms with Crippen molar-refractivity contribution in [3.8, 4) is 5.75 Å². The lowest BCUT2D eigenvalue weighted by molar-refractivity contribution is 0.0945. The number of nitrogens with one attached hydrogen (secondary N) is 1. The monoisotopic (exact) mass is 274 g/mol. The number of carbonyl (C=O) groups is 1. The third kappa shape index (κ3) is 2.39. The average molecular weight is 274 g/mol. The van der Waals surface area contributed by atoms with Crippen molar-refractivity contribution < 1.29 is 9.53 Å². The number of ether oxygens (including phenoxy) is 1. The zero-order valence-corrected chi connectivity index (χ0v) is 11.9. The van der Waals surface area contributed by atoms with E-state index >= 15 is 0 Å². The van der Waals surface area contributed by atoms with Gasteiger partial charge in [0.2, 0.25) is 0 Å². The quantitative estimate of drug-likeness (QED) is 0.924. The Bertz CT molecular complexity index is 704. The molecule has 2 rings (SSSR count). The largest absolute Gasteiger partial charge is 0.497 e. The van der Waals surface area contributed by atoms with Crippen molar-refractivity contribution in [3.05, 3.63) is 40.3 Å². The maximum Gasteiger partial charge on any atom is 0.268 e. The van der Waals surface area contributed by atoms with Crippen molar-refractivity contribution in [1.82, 2.24) is 9.88 Å². The van der Waals surface area contributed by atoms with Gasteiger partial charge < -0.3 is 14.6 Å². The lowest BCUT2D eigenvalue weighted by Gasteiger charge is -2.12. The number of rotatable bonds is 4. The molecule has 1 amide bonds. The van der Waals surface area contributed by atoms with Crippen LogP contribution in [0.15, 0.2) is 29.1 Å². The fourth-order valence-corrected chi connectivity index (χ4v) is 2.22. The van der Waals surface area contributed by atoms with Crippen LogP contribution in [-0.4, -0.2) is 24.1 Å². The normalized spacial score (nSPS) is 10.6. The minimum absolute atomic E-state index is 0.158. The summed E-state index contributed by atoms with van der Waals surface area (Å²) in [5, 5.41) is 4.02. The minimum Gasteiger partial charge on any atom is -0.497 e. The van der Waals surface area contributed by atoms with Gasteiger partial charge in [0.15, 0.2) is 0 Å². The van der Waals surface area contributed by atoms with E-state index < -0.39 is 0 Å². The molecule has 5 heteroatoms. The first-order valence-electron chi connectivity index (χ1n) is 6.62. The summed E-state index contributed by atoms with van der Waals surface area (Å²) in [6.45, 7) is 4.66. The molecule has 0 bridgehead atoms. The van der Waals surface area contributed by atoms with Crippen LogP contribution in [0.5, 0.6) is 5.75 Å². The highest BCUT2D eigenvalue weighted by Gasteiger charge is 2.14. The molecule has 0 fully saturated rings. The number of hydrogen-bond acceptors (Lipinski definition) is 3. The average Bonchev–Trinajstić information content (AvgIpc) is 2.46. The third-order valence-electron chi connectivity index (χ3n) is 3.20. The highest BCUT2D eigenvalue weighted by molar-refractivity contribution is 5.96. The number of nitrogens with zero attached hydrogens (tertiary/aromatic N) is 1. The maximum absolute atomic E-state index is 12.4. The van der Waals surface area contributed by atoms with E-state index in [9.17, 15) is 9.59 Å². The first kappa shape index (κ1) is 14.1. The number of pyridine rings is 1. The van der Waals surface area contributed by atoms with Gasteiger partial charge in [0.25, 0.3) is 11.5 Å². The van der Waals surface area contributed by atoms with Gasteiger partial charge in [-0.25, -0.2) is 0 Å². The van der Waals surface area contributed by atoms with E-state index in [4.69, 9.17) is 4.74 Å². The molecule has 0 aliphatic rings. The van der Waals surface area contributed by atoms with Crippen LogP contribution in [0, 0.1) is 0 Å². The molecule has 1 aromatic carbocycles. The van der Waals surface area contributed by atoms with E-state index in [-0.39, 0.29) is 11.5 Å². The fraction of sp³-hybridized carbons (Fsp3) is 0.333. The van der Waals surface area contributed by atoms with Crippen LogP contribution in [0.4, 0.5) is 0 Å². The van der Waals surface area contributed by atoms with Gasteiger partial charge in [0, 0.05) is 18.5 Å². The van der Waals surface area contributed by atoms with E-state index in [0.717, 1.165) is 0 Å². The Hall–Kier alpha value is -2.30. The molecule has 0 unspecified atom stereocenters. The van der Waals surface area contributed by atoms with Gasteiger partial charge in [-0.05, 0) is 43.5 Å². The summed E-state index contributed by atoms with van der Waals surface area (Å²) in [5.74, 6) is 0.421. The van der Waals surface area contributed by atoms with Gasteiger partial charge in [-0.15, -0.1) is 0 Å². The van der Waals surface area contributed by atoms with E-state index in [1.54, 1.807) is 31.4 Å². The molecule has 5 nitrogen and oxygen atoms in total. The molecule has 106 valence electrons. The third-order valence-corrected chi connectivity index (χ3v) is 3.20. The molecule has 20 heavy (non-hydrogen) atoms. The number of hydrogen-bond donors (Lipinski definition) is 1. The minimum atomic E-state index is -0.240. The van der Waals surface area contributed by atoms with Crippen molar-refractivity contribution in [3.63, 3.8) is 0 Å². The SMILES string of the molecule is CCNC(=O)c1cc2cc(OC)ccc2c(=O)n1CC. The molecule has 0 aliphatic carbocycles. The molecule has 0 aliphatic heterocycles. The Balaban J connectivity index is 2.73. The lowest BCUT2D eigenvalue weighted by atomic mass is 10.1. The van der Waals surface area contributed by atoms with Crippen molar-refractivity contribution >= 4 is 16.7 Å². The second kappa shape index (κ2) is 5.77. The van der Waals surface area contributed by atoms with Crippen LogP contribution in [-0.2, 0) is 6.54 Å². The van der Waals surface area contributed by atoms with Crippen LogP contribution in [0.2, 0.25) is 0 Å². The summed E-state index contributed by atoms with van der Waals surface area (Å²) in [6.07, 6.45) is 0. The van der Waals surface area contributed by atoms with Crippen molar-refractivity contribution in [2.24, 2.45) is 0 Å². The van der Waals surface area contributed by atoms with Gasteiger partial charge in [-0.3, -0.25) is 9.59 Å². The highest BCUT2D eigenvalue weighted by Crippen LogP contribution is 2.19. The van der Waals surface area contributed by atoms with Crippen LogP contribution in [0.1, 0.15) is 24.3 Å². The standard InChI is InChI=1S/C15H18N2O3/c1-4-16-14(18)13-9-10-8-11(20-3)6-7-12(10)15(19)17(13)5-2/h6-9H,4-5H2,1-3H3,(H,16,18). The number of aromatic nitrogens is 1. The molecule has 2 aromatic rings. The van der Waals surface area contributed by atoms with Crippen LogP contribution in [0.25, 0.3) is 10.8 Å². The van der Waals surface area contributed by atoms with Gasteiger partial charge in [0.1, 0.15) is 11.4 Å². The molecule has 1 heterocycles. The zero-order valence-electron chi connectivity index (χ0n) is 11.9. The van der Waals surface area contributed by atoms with Crippen LogP contribution >= 0.6 is 0 Å². The summed E-state index contributed by atoms with van der Waals surface area (Å²) in [6, 6.07) is 6.97. The number of methoxy groups -OCH3 is 1. The van der Waals surface area contributed by atoms with Crippen molar-refractivity contribution in [2.75, 3.05) is 13.7 Å². The van der Waals surface area contributed by atoms with Crippen LogP contribution < -0.4 is 15.6 Å². The Morgan fingerprint density at radius 2 is 2.05 bits per heavy atom. The molecule has 0 radical (unpaired) electrons. The summed E-state index contributed by atoms with van der Waals surface area (Å²) in [5.41, 5.74) is 0.217. The molecular weight excluding hydrogens is 256 g/mol. The number of carbonyl (C=O) groups excluding carboxylic acids is 1. The molecule has 0 saturated heterocycles. The topological polar surface area (TPSA) is 60.3 Å². The van der Waals surface area contributed by atoms with Crippen LogP contribution in [0.3, 0.4) is 0 Å². The number of fused-ring (bicyclic) bond motifs is 1. The summed E-state index contributed by atoms with van der Waals surface area (Å²) in [4.78, 5) is 24.5. The van der Waals surface area contributed by atoms with Gasteiger partial charge in [-0.2, -0.15) is 0 Å². The maximum atomic E-state index is 12.4. The van der Waals surface area contributed by atoms with Gasteiger partial charge in [0.05, 0.1) is 7.11 Å². The van der Waals surface area contributed by atoms with Crippen molar-refractivity contribution in [2.45, 2.75) is 20.4 Å². The molecule has 0 spiro atoms. The Labute approximate surface area is 117 Å². The Morgan fingerprint density at radius 3 is 2.65 bits per heavy atom. The Kier molecular flexibility index (Phi) is 4.08. The van der Waals surface area contributed by atoms with E-state index in [0.29, 0.717) is 35.3 Å². The second-order valence-electron chi connectivity index (χ2n) is 4.39. The van der Waals surface area contributed by atoms with E-state index in [1.807, 2.05) is 13.8 Å². The molecule has 1 aromatic heterocycles. The molecule has 0 atom stereocenters. The Morgan fingerprint density at radius 1 is 1.30 bits per heavy atom. The smallest absolute Gasteiger partial charge is 0.268 e. The summed E-state index contributed by atoms with van der Waals surface area (Å²) < 4.78 is 6.64. The molecule has 1 N–H and O–H groups in total. The van der Waals surface area contributed by atoms with E-state index in [2.05, 4.69) is 5.32 Å². The second-order valence-corrected chi connectivity index (χ2v) is 4.39. The predicted molar refractivity (Wildman–Crippen MR) is 78.4 cm³/mol. The van der Waals surface area contributed by atoms with E-state index in [1.165, 1.54) is 4.57 Å². The molecule has 0 saturated carbocycles. The highest BCUT2D eigenvalue weighted by atomic mass is 16.5. The number of amides is 1. The predicted octanol–water partition coefficient (Wildman–Crippen LogP) is 1.78. The zero-order chi connectivity index (χ0) is 14.7. The fourth-order valence-electron chi connectivity index (χ4n) is 2.22. The summed E-state index contributed by atoms with van der Waals surface area (Å²) in [7, 11) is 1.57. The lowest BCUT2D eigenvalue weighted by Crippen LogP contribution is -2.32. The first-order valence-corrected chi connectivity index (χ1v) is 6.62. The first-order chi connectivity index (χ1) is 9.62. The van der Waals surface area contributed by atoms with Crippen molar-refractivity contribution in [1.29, 1.82) is 0 Å². The van der Waals surface area contributed by atoms with Gasteiger partial charge in [-0.1, -0.05) is 0 Å². The van der Waals surface area contributed by atoms with Gasteiger partial charge >= 0.3 is 0 Å². The number of benzene rings is 1. The summed E-state index contributed by atoms with van der Waals surface area (Å²) >= 11 is 0. The molecular formula is C15H18N2O3.